The van der Waals surface area contributed by atoms with E-state index in [-0.39, 0.29) is 17.9 Å². The third-order valence-corrected chi connectivity index (χ3v) is 5.11. The van der Waals surface area contributed by atoms with E-state index in [0.717, 1.165) is 38.0 Å². The quantitative estimate of drug-likeness (QED) is 0.778. The topological polar surface area (TPSA) is 82.5 Å². The summed E-state index contributed by atoms with van der Waals surface area (Å²) in [5.41, 5.74) is 7.61. The van der Waals surface area contributed by atoms with Crippen LogP contribution in [-0.2, 0) is 17.9 Å². The van der Waals surface area contributed by atoms with E-state index in [1.165, 1.54) is 0 Å². The zero-order valence-corrected chi connectivity index (χ0v) is 14.0. The molecule has 1 aromatic heterocycles. The molecule has 3 aliphatic rings. The van der Waals surface area contributed by atoms with Crippen molar-refractivity contribution in [2.24, 2.45) is 0 Å². The van der Waals surface area contributed by atoms with Crippen LogP contribution >= 0.6 is 0 Å². The standard InChI is InChI=1S/C16H24N6O2/c1-11-8-13(18-17-11)15(23)21-6-7-22-12(10-21)9-14(19-22)16(24)20-4-2-3-5-20/h9,11,13,17-18H,2-8,10H2,1H3. The van der Waals surface area contributed by atoms with Crippen LogP contribution in [0.4, 0.5) is 0 Å². The first-order chi connectivity index (χ1) is 11.6. The predicted octanol–water partition coefficient (Wildman–Crippen LogP) is -0.284. The lowest BCUT2D eigenvalue weighted by Crippen LogP contribution is -2.48. The van der Waals surface area contributed by atoms with E-state index in [1.807, 2.05) is 20.5 Å². The number of nitrogens with zero attached hydrogens (tertiary/aromatic N) is 4. The summed E-state index contributed by atoms with van der Waals surface area (Å²) in [6, 6.07) is 1.99. The van der Waals surface area contributed by atoms with Gasteiger partial charge in [-0.25, -0.2) is 5.43 Å². The predicted molar refractivity (Wildman–Crippen MR) is 86.9 cm³/mol. The lowest BCUT2D eigenvalue weighted by atomic mass is 10.1. The van der Waals surface area contributed by atoms with Crippen molar-refractivity contribution >= 4 is 11.8 Å². The Morgan fingerprint density at radius 3 is 2.62 bits per heavy atom. The number of rotatable bonds is 2. The molecule has 8 nitrogen and oxygen atoms in total. The molecule has 0 saturated carbocycles. The third-order valence-electron chi connectivity index (χ3n) is 5.11. The molecule has 0 spiro atoms. The smallest absolute Gasteiger partial charge is 0.274 e. The van der Waals surface area contributed by atoms with E-state index in [2.05, 4.69) is 22.9 Å². The molecule has 2 saturated heterocycles. The molecule has 0 aromatic carbocycles. The molecule has 0 bridgehead atoms. The SMILES string of the molecule is CC1CC(C(=O)N2CCn3nc(C(=O)N4CCCC4)cc3C2)NN1. The minimum atomic E-state index is -0.167. The first-order valence-corrected chi connectivity index (χ1v) is 8.77. The number of hydrazine groups is 1. The van der Waals surface area contributed by atoms with Gasteiger partial charge < -0.3 is 9.80 Å². The van der Waals surface area contributed by atoms with Gasteiger partial charge in [-0.1, -0.05) is 0 Å². The highest BCUT2D eigenvalue weighted by atomic mass is 16.2. The summed E-state index contributed by atoms with van der Waals surface area (Å²) in [5.74, 6) is 0.134. The van der Waals surface area contributed by atoms with E-state index in [1.54, 1.807) is 0 Å². The molecule has 24 heavy (non-hydrogen) atoms. The zero-order chi connectivity index (χ0) is 16.7. The molecule has 4 heterocycles. The van der Waals surface area contributed by atoms with Crippen LogP contribution in [0.3, 0.4) is 0 Å². The molecule has 0 radical (unpaired) electrons. The Kier molecular flexibility index (Phi) is 4.01. The molecule has 2 unspecified atom stereocenters. The Balaban J connectivity index is 1.45. The molecule has 130 valence electrons. The molecule has 2 atom stereocenters. The number of carbonyl (C=O) groups excluding carboxylic acids is 2. The number of fused-ring (bicyclic) bond motifs is 1. The number of amides is 2. The largest absolute Gasteiger partial charge is 0.337 e. The fourth-order valence-electron chi connectivity index (χ4n) is 3.74. The summed E-state index contributed by atoms with van der Waals surface area (Å²) in [5, 5.41) is 4.46. The van der Waals surface area contributed by atoms with E-state index in [9.17, 15) is 9.59 Å². The Labute approximate surface area is 141 Å². The molecular weight excluding hydrogens is 308 g/mol. The number of carbonyl (C=O) groups is 2. The molecular formula is C16H24N6O2. The average Bonchev–Trinajstić information content (AvgIpc) is 3.32. The zero-order valence-electron chi connectivity index (χ0n) is 14.0. The minimum absolute atomic E-state index is 0.0164. The van der Waals surface area contributed by atoms with Crippen LogP contribution in [-0.4, -0.2) is 63.1 Å². The first-order valence-electron chi connectivity index (χ1n) is 8.77. The van der Waals surface area contributed by atoms with Crippen molar-refractivity contribution in [3.05, 3.63) is 17.5 Å². The van der Waals surface area contributed by atoms with Crippen molar-refractivity contribution in [2.45, 2.75) is 51.4 Å². The van der Waals surface area contributed by atoms with Crippen LogP contribution in [0.15, 0.2) is 6.07 Å². The molecule has 2 fully saturated rings. The highest BCUT2D eigenvalue weighted by Gasteiger charge is 2.33. The van der Waals surface area contributed by atoms with Crippen LogP contribution in [0, 0.1) is 0 Å². The van der Waals surface area contributed by atoms with Gasteiger partial charge in [-0.05, 0) is 32.3 Å². The van der Waals surface area contributed by atoms with Gasteiger partial charge in [0.1, 0.15) is 6.04 Å². The highest BCUT2D eigenvalue weighted by molar-refractivity contribution is 5.92. The van der Waals surface area contributed by atoms with Gasteiger partial charge in [0.15, 0.2) is 5.69 Å². The van der Waals surface area contributed by atoms with E-state index < -0.39 is 0 Å². The van der Waals surface area contributed by atoms with Crippen molar-refractivity contribution in [1.29, 1.82) is 0 Å². The van der Waals surface area contributed by atoms with Gasteiger partial charge in [0, 0.05) is 25.7 Å². The second-order valence-electron chi connectivity index (χ2n) is 6.98. The number of aromatic nitrogens is 2. The van der Waals surface area contributed by atoms with Gasteiger partial charge in [-0.15, -0.1) is 0 Å². The molecule has 4 rings (SSSR count). The van der Waals surface area contributed by atoms with Gasteiger partial charge >= 0.3 is 0 Å². The molecule has 8 heteroatoms. The Bertz CT molecular complexity index is 651. The molecule has 2 N–H and O–H groups in total. The van der Waals surface area contributed by atoms with Gasteiger partial charge in [-0.2, -0.15) is 5.10 Å². The van der Waals surface area contributed by atoms with Gasteiger partial charge in [0.25, 0.3) is 5.91 Å². The van der Waals surface area contributed by atoms with Crippen molar-refractivity contribution in [3.8, 4) is 0 Å². The van der Waals surface area contributed by atoms with Crippen molar-refractivity contribution in [2.75, 3.05) is 19.6 Å². The maximum Gasteiger partial charge on any atom is 0.274 e. The second kappa shape index (κ2) is 6.18. The van der Waals surface area contributed by atoms with Crippen molar-refractivity contribution in [3.63, 3.8) is 0 Å². The third kappa shape index (κ3) is 2.80. The summed E-state index contributed by atoms with van der Waals surface area (Å²) < 4.78 is 1.87. The molecule has 3 aliphatic heterocycles. The summed E-state index contributed by atoms with van der Waals surface area (Å²) in [6.45, 7) is 5.50. The lowest BCUT2D eigenvalue weighted by molar-refractivity contribution is -0.134. The Hall–Kier alpha value is -1.93. The van der Waals surface area contributed by atoms with Gasteiger partial charge in [-0.3, -0.25) is 19.7 Å². The van der Waals surface area contributed by atoms with Crippen LogP contribution in [0.5, 0.6) is 0 Å². The average molecular weight is 332 g/mol. The van der Waals surface area contributed by atoms with Gasteiger partial charge in [0.2, 0.25) is 5.91 Å². The highest BCUT2D eigenvalue weighted by Crippen LogP contribution is 2.19. The summed E-state index contributed by atoms with van der Waals surface area (Å²) in [6.07, 6.45) is 2.94. The summed E-state index contributed by atoms with van der Waals surface area (Å²) >= 11 is 0. The fraction of sp³-hybridized carbons (Fsp3) is 0.688. The molecule has 1 aromatic rings. The Morgan fingerprint density at radius 1 is 1.12 bits per heavy atom. The molecule has 0 aliphatic carbocycles. The van der Waals surface area contributed by atoms with Crippen molar-refractivity contribution in [1.82, 2.24) is 30.4 Å². The van der Waals surface area contributed by atoms with E-state index in [4.69, 9.17) is 0 Å². The molecule has 2 amide bonds. The van der Waals surface area contributed by atoms with Crippen LogP contribution in [0.1, 0.15) is 42.4 Å². The Morgan fingerprint density at radius 2 is 1.92 bits per heavy atom. The van der Waals surface area contributed by atoms with Gasteiger partial charge in [0.05, 0.1) is 18.8 Å². The summed E-state index contributed by atoms with van der Waals surface area (Å²) in [4.78, 5) is 28.8. The monoisotopic (exact) mass is 332 g/mol. The van der Waals surface area contributed by atoms with Crippen LogP contribution in [0.2, 0.25) is 0 Å². The van der Waals surface area contributed by atoms with Crippen molar-refractivity contribution < 1.29 is 9.59 Å². The van der Waals surface area contributed by atoms with Crippen LogP contribution in [0.25, 0.3) is 0 Å². The number of likely N-dealkylation sites (tertiary alicyclic amines) is 1. The normalized spacial score (nSPS) is 26.7. The maximum absolute atomic E-state index is 12.6. The van der Waals surface area contributed by atoms with E-state index in [0.29, 0.717) is 31.4 Å². The number of hydrogen-bond acceptors (Lipinski definition) is 5. The lowest BCUT2D eigenvalue weighted by Gasteiger charge is -2.29. The summed E-state index contributed by atoms with van der Waals surface area (Å²) in [7, 11) is 0. The maximum atomic E-state index is 12.6. The first kappa shape index (κ1) is 15.6. The second-order valence-corrected chi connectivity index (χ2v) is 6.98. The number of nitrogens with one attached hydrogen (secondary N) is 2. The minimum Gasteiger partial charge on any atom is -0.337 e. The fourth-order valence-corrected chi connectivity index (χ4v) is 3.74. The van der Waals surface area contributed by atoms with Crippen LogP contribution < -0.4 is 10.9 Å². The number of hydrogen-bond donors (Lipinski definition) is 2. The van der Waals surface area contributed by atoms with E-state index >= 15 is 0 Å².